The van der Waals surface area contributed by atoms with Crippen LogP contribution >= 0.6 is 27.7 Å². The van der Waals surface area contributed by atoms with E-state index >= 15 is 0 Å². The molecule has 1 saturated heterocycles. The van der Waals surface area contributed by atoms with Gasteiger partial charge in [-0.05, 0) is 49.1 Å². The summed E-state index contributed by atoms with van der Waals surface area (Å²) < 4.78 is 11.4. The molecule has 2 heterocycles. The van der Waals surface area contributed by atoms with E-state index in [4.69, 9.17) is 9.47 Å². The maximum Gasteiger partial charge on any atom is 0.412 e. The number of nitrogens with zero attached hydrogens (tertiary/aromatic N) is 1. The first-order chi connectivity index (χ1) is 22.5. The maximum atomic E-state index is 14.0. The number of carbonyl (C=O) groups excluding carboxylic acids is 5. The van der Waals surface area contributed by atoms with Gasteiger partial charge in [0.15, 0.2) is 6.10 Å². The second-order valence-corrected chi connectivity index (χ2v) is 14.0. The summed E-state index contributed by atoms with van der Waals surface area (Å²) in [6.45, 7) is 5.25. The van der Waals surface area contributed by atoms with Gasteiger partial charge in [-0.15, -0.1) is 11.8 Å². The summed E-state index contributed by atoms with van der Waals surface area (Å²) in [4.78, 5) is 65.4. The van der Waals surface area contributed by atoms with Gasteiger partial charge in [-0.2, -0.15) is 0 Å². The number of esters is 1. The number of hydrogen-bond acceptors (Lipinski definition) is 8. The van der Waals surface area contributed by atoms with Crippen molar-refractivity contribution in [1.82, 2.24) is 10.2 Å². The summed E-state index contributed by atoms with van der Waals surface area (Å²) in [5.74, 6) is -1.44. The smallest absolute Gasteiger partial charge is 0.412 e. The van der Waals surface area contributed by atoms with Crippen LogP contribution in [0.2, 0.25) is 0 Å². The average molecular weight is 721 g/mol. The number of hydrogen-bond donors (Lipinski definition) is 2. The molecule has 1 fully saturated rings. The molecule has 47 heavy (non-hydrogen) atoms. The van der Waals surface area contributed by atoms with Crippen molar-refractivity contribution >= 4 is 63.5 Å². The Bertz CT molecular complexity index is 1650. The Labute approximate surface area is 285 Å². The van der Waals surface area contributed by atoms with Crippen molar-refractivity contribution in [1.29, 1.82) is 0 Å². The number of nitrogens with one attached hydrogen (secondary N) is 2. The third-order valence-electron chi connectivity index (χ3n) is 7.39. The predicted molar refractivity (Wildman–Crippen MR) is 182 cm³/mol. The van der Waals surface area contributed by atoms with Gasteiger partial charge in [-0.25, -0.2) is 9.59 Å². The van der Waals surface area contributed by atoms with E-state index in [1.807, 2.05) is 60.7 Å². The number of β-lactam (4-membered cyclic amide) rings is 1. The summed E-state index contributed by atoms with van der Waals surface area (Å²) in [6, 6.07) is 24.4. The zero-order valence-electron chi connectivity index (χ0n) is 26.0. The number of aldehydes is 1. The summed E-state index contributed by atoms with van der Waals surface area (Å²) in [6.07, 6.45) is -0.884. The number of benzene rings is 3. The van der Waals surface area contributed by atoms with Gasteiger partial charge in [0, 0.05) is 11.4 Å². The van der Waals surface area contributed by atoms with E-state index in [0.717, 1.165) is 11.1 Å². The Morgan fingerprint density at radius 1 is 0.979 bits per heavy atom. The molecule has 3 unspecified atom stereocenters. The minimum absolute atomic E-state index is 0.0120. The minimum Gasteiger partial charge on any atom is -0.448 e. The van der Waals surface area contributed by atoms with Gasteiger partial charge in [0.1, 0.15) is 29.0 Å². The monoisotopic (exact) mass is 719 g/mol. The van der Waals surface area contributed by atoms with Crippen LogP contribution in [0.1, 0.15) is 43.6 Å². The highest BCUT2D eigenvalue weighted by Crippen LogP contribution is 2.43. The van der Waals surface area contributed by atoms with Crippen molar-refractivity contribution in [2.75, 3.05) is 11.1 Å². The lowest BCUT2D eigenvalue weighted by molar-refractivity contribution is -0.154. The van der Waals surface area contributed by atoms with Crippen molar-refractivity contribution in [3.05, 3.63) is 113 Å². The number of halogens is 1. The zero-order valence-corrected chi connectivity index (χ0v) is 28.4. The molecule has 0 radical (unpaired) electrons. The highest BCUT2D eigenvalue weighted by atomic mass is 79.9. The highest BCUT2D eigenvalue weighted by molar-refractivity contribution is 9.10. The van der Waals surface area contributed by atoms with Crippen molar-refractivity contribution in [2.24, 2.45) is 0 Å². The van der Waals surface area contributed by atoms with Crippen LogP contribution in [-0.2, 0) is 35.1 Å². The largest absolute Gasteiger partial charge is 0.448 e. The maximum absolute atomic E-state index is 14.0. The van der Waals surface area contributed by atoms with Crippen LogP contribution in [0.4, 0.5) is 10.5 Å². The number of rotatable bonds is 10. The lowest BCUT2D eigenvalue weighted by Crippen LogP contribution is -2.71. The van der Waals surface area contributed by atoms with Gasteiger partial charge < -0.3 is 19.6 Å². The fourth-order valence-electron chi connectivity index (χ4n) is 5.28. The molecule has 2 N–H and O–H groups in total. The van der Waals surface area contributed by atoms with Gasteiger partial charge in [0.2, 0.25) is 5.91 Å². The summed E-state index contributed by atoms with van der Waals surface area (Å²) in [7, 11) is 0. The third kappa shape index (κ3) is 7.94. The molecule has 5 rings (SSSR count). The predicted octanol–water partition coefficient (Wildman–Crippen LogP) is 5.53. The summed E-state index contributed by atoms with van der Waals surface area (Å²) in [5, 5.41) is 4.88. The van der Waals surface area contributed by atoms with Crippen LogP contribution in [0.25, 0.3) is 0 Å². The van der Waals surface area contributed by atoms with Crippen LogP contribution in [0, 0.1) is 0 Å². The van der Waals surface area contributed by atoms with E-state index in [-0.39, 0.29) is 17.9 Å². The first kappa shape index (κ1) is 33.9. The molecule has 0 aromatic heterocycles. The lowest BCUT2D eigenvalue weighted by atomic mass is 9.99. The third-order valence-corrected chi connectivity index (χ3v) is 9.46. The van der Waals surface area contributed by atoms with Crippen LogP contribution < -0.4 is 10.6 Å². The minimum atomic E-state index is -0.910. The summed E-state index contributed by atoms with van der Waals surface area (Å²) in [5.41, 5.74) is 2.11. The molecule has 12 heteroatoms. The van der Waals surface area contributed by atoms with Crippen molar-refractivity contribution < 1.29 is 33.4 Å². The zero-order chi connectivity index (χ0) is 33.7. The van der Waals surface area contributed by atoms with Crippen LogP contribution in [-0.4, -0.2) is 62.7 Å². The molecule has 3 atom stereocenters. The Morgan fingerprint density at radius 3 is 2.17 bits per heavy atom. The fourth-order valence-corrected chi connectivity index (χ4v) is 7.27. The Kier molecular flexibility index (Phi) is 10.5. The molecule has 10 nitrogen and oxygen atoms in total. The standard InChI is InChI=1S/C35H34BrN3O7S/c1-35(2,3)46-34(44)37-26-17-11-10-16-23(26)18-27(41)38-28-31(42)39-29(24(25(36)19-40)20-47-32(28)39)33(43)45-30(21-12-6-4-7-13-21)22-14-8-5-9-15-22/h4-17,19,25,28,30,32H,18,20H2,1-3H3,(H,37,44)(H,38,41). The second-order valence-electron chi connectivity index (χ2n) is 11.9. The number of para-hydroxylation sites is 1. The number of fused-ring (bicyclic) bond motifs is 1. The molecular formula is C35H34BrN3O7S. The first-order valence-corrected chi connectivity index (χ1v) is 16.9. The highest BCUT2D eigenvalue weighted by Gasteiger charge is 2.55. The van der Waals surface area contributed by atoms with Crippen LogP contribution in [0.3, 0.4) is 0 Å². The Balaban J connectivity index is 1.33. The van der Waals surface area contributed by atoms with Crippen molar-refractivity contribution in [3.63, 3.8) is 0 Å². The van der Waals surface area contributed by atoms with Gasteiger partial charge >= 0.3 is 12.1 Å². The number of amides is 3. The number of alkyl halides is 1. The van der Waals surface area contributed by atoms with Gasteiger partial charge in [-0.1, -0.05) is 94.8 Å². The number of carbonyl (C=O) groups is 5. The average Bonchev–Trinajstić information content (AvgIpc) is 3.05. The van der Waals surface area contributed by atoms with Gasteiger partial charge in [0.25, 0.3) is 5.91 Å². The molecule has 2 aliphatic heterocycles. The molecule has 3 aromatic carbocycles. The molecule has 0 spiro atoms. The second kappa shape index (κ2) is 14.6. The fraction of sp³-hybridized carbons (Fsp3) is 0.286. The van der Waals surface area contributed by atoms with E-state index < -0.39 is 51.8 Å². The lowest BCUT2D eigenvalue weighted by Gasteiger charge is -2.50. The van der Waals surface area contributed by atoms with E-state index in [1.165, 1.54) is 16.7 Å². The molecule has 0 bridgehead atoms. The van der Waals surface area contributed by atoms with Gasteiger partial charge in [-0.3, -0.25) is 19.8 Å². The molecule has 3 aromatic rings. The first-order valence-electron chi connectivity index (χ1n) is 14.9. The van der Waals surface area contributed by atoms with Crippen LogP contribution in [0.15, 0.2) is 96.2 Å². The van der Waals surface area contributed by atoms with E-state index in [9.17, 15) is 24.0 Å². The van der Waals surface area contributed by atoms with Crippen molar-refractivity contribution in [3.8, 4) is 0 Å². The number of anilines is 1. The Hall–Kier alpha value is -4.42. The SMILES string of the molecule is CC(C)(C)OC(=O)Nc1ccccc1CC(=O)NC1C(=O)N2C(C(=O)OC(c3ccccc3)c3ccccc3)=C(C(Br)C=O)CSC12. The van der Waals surface area contributed by atoms with Gasteiger partial charge in [0.05, 0.1) is 11.2 Å². The normalized spacial score (nSPS) is 18.1. The molecule has 244 valence electrons. The molecular weight excluding hydrogens is 686 g/mol. The molecule has 3 amide bonds. The van der Waals surface area contributed by atoms with E-state index in [2.05, 4.69) is 26.6 Å². The van der Waals surface area contributed by atoms with E-state index in [0.29, 0.717) is 23.1 Å². The number of ether oxygens (including phenoxy) is 2. The summed E-state index contributed by atoms with van der Waals surface area (Å²) >= 11 is 4.67. The molecule has 2 aliphatic rings. The van der Waals surface area contributed by atoms with Crippen molar-refractivity contribution in [2.45, 2.75) is 55.1 Å². The topological polar surface area (TPSA) is 131 Å². The van der Waals surface area contributed by atoms with E-state index in [1.54, 1.807) is 45.0 Å². The number of thioether (sulfide) groups is 1. The molecule has 0 aliphatic carbocycles. The molecule has 0 saturated carbocycles. The Morgan fingerprint density at radius 2 is 1.57 bits per heavy atom. The van der Waals surface area contributed by atoms with Crippen LogP contribution in [0.5, 0.6) is 0 Å². The quantitative estimate of drug-likeness (QED) is 0.121.